The molecule has 2 heteroatoms. The molecule has 0 aliphatic rings. The Bertz CT molecular complexity index is 929. The second-order valence-electron chi connectivity index (χ2n) is 6.84. The lowest BCUT2D eigenvalue weighted by atomic mass is 9.93. The molecule has 0 aliphatic heterocycles. The molecule has 146 valence electrons. The molecule has 0 radical (unpaired) electrons. The maximum atomic E-state index is 6.24. The molecule has 0 fully saturated rings. The van der Waals surface area contributed by atoms with E-state index in [0.717, 1.165) is 58.7 Å². The van der Waals surface area contributed by atoms with E-state index in [1.54, 1.807) is 0 Å². The summed E-state index contributed by atoms with van der Waals surface area (Å²) >= 11 is 0. The molecule has 0 aromatic heterocycles. The van der Waals surface area contributed by atoms with Gasteiger partial charge in [0.2, 0.25) is 0 Å². The van der Waals surface area contributed by atoms with Gasteiger partial charge in [-0.05, 0) is 49.0 Å². The number of fused-ring (bicyclic) bond motifs is 2. The zero-order valence-corrected chi connectivity index (χ0v) is 17.4. The Morgan fingerprint density at radius 1 is 0.643 bits per heavy atom. The molecule has 0 heterocycles. The number of ether oxygens (including phenoxy) is 2. The van der Waals surface area contributed by atoms with Gasteiger partial charge in [-0.1, -0.05) is 64.1 Å². The molecule has 3 aromatic rings. The summed E-state index contributed by atoms with van der Waals surface area (Å²) in [5.41, 5.74) is 2.54. The maximum Gasteiger partial charge on any atom is 0.142 e. The van der Waals surface area contributed by atoms with Gasteiger partial charge in [-0.15, -0.1) is 0 Å². The fourth-order valence-electron chi connectivity index (χ4n) is 3.64. The van der Waals surface area contributed by atoms with Crippen molar-refractivity contribution < 1.29 is 9.47 Å². The summed E-state index contributed by atoms with van der Waals surface area (Å²) in [5.74, 6) is 1.85. The molecule has 0 saturated heterocycles. The SMILES string of the molecule is CC/C=C\Oc1c2cccc(CC)c2c(O/C=C\CC)c2cccc(CC)c12. The third-order valence-corrected chi connectivity index (χ3v) is 5.04. The number of benzene rings is 3. The topological polar surface area (TPSA) is 18.5 Å². The standard InChI is InChI=1S/C26H30O2/c1-5-9-17-27-25-21-15-11-14-20(8-4)24(21)26(28-18-10-6-2)22-16-12-13-19(7-3)23(22)25/h9-18H,5-8H2,1-4H3/b17-9-,18-10-. The first-order valence-corrected chi connectivity index (χ1v) is 10.4. The second kappa shape index (κ2) is 9.45. The summed E-state index contributed by atoms with van der Waals surface area (Å²) < 4.78 is 12.5. The van der Waals surface area contributed by atoms with Crippen molar-refractivity contribution in [2.75, 3.05) is 0 Å². The van der Waals surface area contributed by atoms with Crippen LogP contribution in [0.25, 0.3) is 21.5 Å². The quantitative estimate of drug-likeness (QED) is 0.297. The summed E-state index contributed by atoms with van der Waals surface area (Å²) in [7, 11) is 0. The largest absolute Gasteiger partial charge is 0.464 e. The van der Waals surface area contributed by atoms with Crippen molar-refractivity contribution in [2.45, 2.75) is 53.4 Å². The Morgan fingerprint density at radius 3 is 1.43 bits per heavy atom. The molecule has 0 aliphatic carbocycles. The van der Waals surface area contributed by atoms with E-state index in [1.807, 2.05) is 24.7 Å². The molecular weight excluding hydrogens is 344 g/mol. The molecular formula is C26H30O2. The Labute approximate surface area is 168 Å². The predicted octanol–water partition coefficient (Wildman–Crippen LogP) is 7.72. The highest BCUT2D eigenvalue weighted by Gasteiger charge is 2.19. The highest BCUT2D eigenvalue weighted by Crippen LogP contribution is 2.46. The first-order chi connectivity index (χ1) is 13.8. The van der Waals surface area contributed by atoms with E-state index in [0.29, 0.717) is 0 Å². The second-order valence-corrected chi connectivity index (χ2v) is 6.84. The lowest BCUT2D eigenvalue weighted by Gasteiger charge is -2.19. The minimum atomic E-state index is 0.925. The van der Waals surface area contributed by atoms with Crippen LogP contribution in [0.2, 0.25) is 0 Å². The molecule has 3 aromatic carbocycles. The van der Waals surface area contributed by atoms with Gasteiger partial charge in [0.15, 0.2) is 0 Å². The summed E-state index contributed by atoms with van der Waals surface area (Å²) in [6, 6.07) is 12.9. The van der Waals surface area contributed by atoms with Crippen molar-refractivity contribution >= 4 is 21.5 Å². The smallest absolute Gasteiger partial charge is 0.142 e. The molecule has 3 rings (SSSR count). The number of hydrogen-bond donors (Lipinski definition) is 0. The van der Waals surface area contributed by atoms with Gasteiger partial charge in [-0.25, -0.2) is 0 Å². The van der Waals surface area contributed by atoms with E-state index in [9.17, 15) is 0 Å². The number of aryl methyl sites for hydroxylation is 2. The minimum Gasteiger partial charge on any atom is -0.464 e. The van der Waals surface area contributed by atoms with Gasteiger partial charge in [0.1, 0.15) is 11.5 Å². The molecule has 0 saturated carbocycles. The summed E-state index contributed by atoms with van der Waals surface area (Å²) in [6.07, 6.45) is 11.5. The fourth-order valence-corrected chi connectivity index (χ4v) is 3.64. The third-order valence-electron chi connectivity index (χ3n) is 5.04. The summed E-state index contributed by atoms with van der Waals surface area (Å²) in [5, 5.41) is 4.50. The van der Waals surface area contributed by atoms with Crippen LogP contribution < -0.4 is 9.47 Å². The van der Waals surface area contributed by atoms with Crippen LogP contribution in [-0.4, -0.2) is 0 Å². The van der Waals surface area contributed by atoms with Crippen LogP contribution in [0.1, 0.15) is 51.7 Å². The molecule has 0 spiro atoms. The zero-order valence-electron chi connectivity index (χ0n) is 17.4. The summed E-state index contributed by atoms with van der Waals surface area (Å²) in [6.45, 7) is 8.59. The van der Waals surface area contributed by atoms with Crippen molar-refractivity contribution in [3.8, 4) is 11.5 Å². The first-order valence-electron chi connectivity index (χ1n) is 10.4. The van der Waals surface area contributed by atoms with E-state index in [1.165, 1.54) is 11.1 Å². The molecule has 2 nitrogen and oxygen atoms in total. The van der Waals surface area contributed by atoms with Crippen LogP contribution in [0, 0.1) is 0 Å². The fraction of sp³-hybridized carbons (Fsp3) is 0.308. The van der Waals surface area contributed by atoms with E-state index >= 15 is 0 Å². The molecule has 0 bridgehead atoms. The van der Waals surface area contributed by atoms with Gasteiger partial charge in [-0.3, -0.25) is 0 Å². The Hall–Kier alpha value is -2.74. The van der Waals surface area contributed by atoms with E-state index < -0.39 is 0 Å². The highest BCUT2D eigenvalue weighted by atomic mass is 16.5. The van der Waals surface area contributed by atoms with Crippen molar-refractivity contribution in [2.24, 2.45) is 0 Å². The van der Waals surface area contributed by atoms with Crippen LogP contribution in [0.5, 0.6) is 11.5 Å². The maximum absolute atomic E-state index is 6.24. The molecule has 0 amide bonds. The number of rotatable bonds is 8. The Balaban J connectivity index is 2.45. The lowest BCUT2D eigenvalue weighted by Crippen LogP contribution is -1.97. The van der Waals surface area contributed by atoms with Crippen LogP contribution in [0.15, 0.2) is 61.1 Å². The van der Waals surface area contributed by atoms with Crippen LogP contribution in [-0.2, 0) is 12.8 Å². The lowest BCUT2D eigenvalue weighted by molar-refractivity contribution is 0.482. The molecule has 0 N–H and O–H groups in total. The van der Waals surface area contributed by atoms with Crippen molar-refractivity contribution in [1.29, 1.82) is 0 Å². The zero-order chi connectivity index (χ0) is 19.9. The average molecular weight is 375 g/mol. The molecule has 0 unspecified atom stereocenters. The average Bonchev–Trinajstić information content (AvgIpc) is 2.74. The summed E-state index contributed by atoms with van der Waals surface area (Å²) in [4.78, 5) is 0. The van der Waals surface area contributed by atoms with Crippen LogP contribution in [0.3, 0.4) is 0 Å². The van der Waals surface area contributed by atoms with Gasteiger partial charge < -0.3 is 9.47 Å². The van der Waals surface area contributed by atoms with Gasteiger partial charge in [0.25, 0.3) is 0 Å². The molecule has 0 atom stereocenters. The van der Waals surface area contributed by atoms with Crippen LogP contribution in [0.4, 0.5) is 0 Å². The third kappa shape index (κ3) is 3.77. The van der Waals surface area contributed by atoms with Gasteiger partial charge >= 0.3 is 0 Å². The van der Waals surface area contributed by atoms with Gasteiger partial charge in [0, 0.05) is 21.5 Å². The van der Waals surface area contributed by atoms with Gasteiger partial charge in [-0.2, -0.15) is 0 Å². The van der Waals surface area contributed by atoms with Crippen molar-refractivity contribution in [1.82, 2.24) is 0 Å². The predicted molar refractivity (Wildman–Crippen MR) is 120 cm³/mol. The molecule has 28 heavy (non-hydrogen) atoms. The Morgan fingerprint density at radius 2 is 1.07 bits per heavy atom. The van der Waals surface area contributed by atoms with E-state index in [4.69, 9.17) is 9.47 Å². The van der Waals surface area contributed by atoms with Crippen molar-refractivity contribution in [3.05, 3.63) is 72.2 Å². The Kier molecular flexibility index (Phi) is 6.76. The van der Waals surface area contributed by atoms with Crippen molar-refractivity contribution in [3.63, 3.8) is 0 Å². The monoisotopic (exact) mass is 374 g/mol. The first kappa shape index (κ1) is 20.0. The van der Waals surface area contributed by atoms with E-state index in [2.05, 4.69) is 64.1 Å². The minimum absolute atomic E-state index is 0.925. The normalized spacial score (nSPS) is 11.9. The number of allylic oxidation sites excluding steroid dienone is 2. The number of hydrogen-bond acceptors (Lipinski definition) is 2. The van der Waals surface area contributed by atoms with Gasteiger partial charge in [0.05, 0.1) is 12.5 Å². The van der Waals surface area contributed by atoms with E-state index in [-0.39, 0.29) is 0 Å². The van der Waals surface area contributed by atoms with Crippen LogP contribution >= 0.6 is 0 Å². The highest BCUT2D eigenvalue weighted by molar-refractivity contribution is 6.13.